The van der Waals surface area contributed by atoms with Crippen LogP contribution in [0.4, 0.5) is 5.82 Å². The van der Waals surface area contributed by atoms with E-state index in [0.717, 1.165) is 29.7 Å². The molecule has 0 spiro atoms. The molecule has 4 rings (SSSR count). The van der Waals surface area contributed by atoms with E-state index >= 15 is 0 Å². The number of rotatable bonds is 2. The Morgan fingerprint density at radius 3 is 2.64 bits per heavy atom. The van der Waals surface area contributed by atoms with Crippen molar-refractivity contribution >= 4 is 22.5 Å². The molecule has 0 atom stereocenters. The van der Waals surface area contributed by atoms with Gasteiger partial charge in [0.1, 0.15) is 5.82 Å². The highest BCUT2D eigenvalue weighted by Gasteiger charge is 2.24. The highest BCUT2D eigenvalue weighted by atomic mass is 16.2. The number of hydrogen-bond acceptors (Lipinski definition) is 4. The van der Waals surface area contributed by atoms with E-state index in [4.69, 9.17) is 0 Å². The van der Waals surface area contributed by atoms with Gasteiger partial charge in [0.15, 0.2) is 0 Å². The lowest BCUT2D eigenvalue weighted by Gasteiger charge is -2.35. The summed E-state index contributed by atoms with van der Waals surface area (Å²) in [6, 6.07) is 12.0. The molecular weight excluding hydrogens is 312 g/mol. The number of nitrogens with zero attached hydrogens (tertiary/aromatic N) is 4. The standard InChI is InChI=1S/C20H20N4O/c1-15-6-7-22-19(12-15)23-8-10-24(11-9-23)20(25)18-14-21-13-16-4-2-3-5-17(16)18/h2-7,12-14H,8-11H2,1H3. The van der Waals surface area contributed by atoms with Gasteiger partial charge in [-0.2, -0.15) is 0 Å². The molecule has 0 saturated carbocycles. The normalized spacial score (nSPS) is 14.8. The first-order valence-electron chi connectivity index (χ1n) is 8.52. The zero-order valence-corrected chi connectivity index (χ0v) is 14.2. The second-order valence-electron chi connectivity index (χ2n) is 6.38. The first-order valence-corrected chi connectivity index (χ1v) is 8.52. The summed E-state index contributed by atoms with van der Waals surface area (Å²) in [4.78, 5) is 25.8. The molecule has 3 heterocycles. The average molecular weight is 332 g/mol. The van der Waals surface area contributed by atoms with Crippen molar-refractivity contribution in [3.05, 3.63) is 66.1 Å². The van der Waals surface area contributed by atoms with Crippen molar-refractivity contribution in [1.29, 1.82) is 0 Å². The van der Waals surface area contributed by atoms with Gasteiger partial charge >= 0.3 is 0 Å². The van der Waals surface area contributed by atoms with Crippen molar-refractivity contribution in [2.45, 2.75) is 6.92 Å². The monoisotopic (exact) mass is 332 g/mol. The highest BCUT2D eigenvalue weighted by molar-refractivity contribution is 6.06. The van der Waals surface area contributed by atoms with Gasteiger partial charge in [0.05, 0.1) is 5.56 Å². The summed E-state index contributed by atoms with van der Waals surface area (Å²) in [6.07, 6.45) is 5.32. The van der Waals surface area contributed by atoms with Crippen molar-refractivity contribution in [3.63, 3.8) is 0 Å². The maximum atomic E-state index is 13.0. The van der Waals surface area contributed by atoms with Gasteiger partial charge in [-0.1, -0.05) is 24.3 Å². The third-order valence-electron chi connectivity index (χ3n) is 4.69. The number of hydrogen-bond donors (Lipinski definition) is 0. The summed E-state index contributed by atoms with van der Waals surface area (Å²) >= 11 is 0. The second kappa shape index (κ2) is 6.51. The third-order valence-corrected chi connectivity index (χ3v) is 4.69. The molecule has 1 aliphatic rings. The molecule has 1 amide bonds. The zero-order chi connectivity index (χ0) is 17.2. The average Bonchev–Trinajstić information content (AvgIpc) is 2.67. The lowest BCUT2D eigenvalue weighted by molar-refractivity contribution is 0.0748. The van der Waals surface area contributed by atoms with Crippen LogP contribution in [0.5, 0.6) is 0 Å². The first-order chi connectivity index (χ1) is 12.2. The molecule has 5 nitrogen and oxygen atoms in total. The number of anilines is 1. The molecule has 3 aromatic rings. The number of aryl methyl sites for hydroxylation is 1. The van der Waals surface area contributed by atoms with E-state index in [2.05, 4.69) is 27.9 Å². The van der Waals surface area contributed by atoms with Crippen LogP contribution in [0.25, 0.3) is 10.8 Å². The smallest absolute Gasteiger partial charge is 0.256 e. The molecule has 5 heteroatoms. The minimum Gasteiger partial charge on any atom is -0.353 e. The van der Waals surface area contributed by atoms with E-state index in [1.54, 1.807) is 12.4 Å². The van der Waals surface area contributed by atoms with Crippen LogP contribution < -0.4 is 4.90 Å². The van der Waals surface area contributed by atoms with Crippen molar-refractivity contribution in [2.75, 3.05) is 31.1 Å². The lowest BCUT2D eigenvalue weighted by Crippen LogP contribution is -2.49. The molecule has 0 aliphatic carbocycles. The van der Waals surface area contributed by atoms with Crippen molar-refractivity contribution in [3.8, 4) is 0 Å². The van der Waals surface area contributed by atoms with Gasteiger partial charge < -0.3 is 9.80 Å². The summed E-state index contributed by atoms with van der Waals surface area (Å²) in [5.74, 6) is 1.04. The molecule has 25 heavy (non-hydrogen) atoms. The maximum Gasteiger partial charge on any atom is 0.256 e. The van der Waals surface area contributed by atoms with Gasteiger partial charge in [-0.15, -0.1) is 0 Å². The number of aromatic nitrogens is 2. The molecule has 1 aliphatic heterocycles. The topological polar surface area (TPSA) is 49.3 Å². The highest BCUT2D eigenvalue weighted by Crippen LogP contribution is 2.20. The summed E-state index contributed by atoms with van der Waals surface area (Å²) in [7, 11) is 0. The quantitative estimate of drug-likeness (QED) is 0.724. The third kappa shape index (κ3) is 3.05. The van der Waals surface area contributed by atoms with E-state index in [0.29, 0.717) is 18.7 Å². The first kappa shape index (κ1) is 15.6. The van der Waals surface area contributed by atoms with Gasteiger partial charge in [0.2, 0.25) is 0 Å². The minimum atomic E-state index is 0.0566. The summed E-state index contributed by atoms with van der Waals surface area (Å²) in [5.41, 5.74) is 1.88. The Balaban J connectivity index is 1.51. The molecule has 2 aromatic heterocycles. The number of carbonyl (C=O) groups excluding carboxylic acids is 1. The zero-order valence-electron chi connectivity index (χ0n) is 14.2. The molecule has 0 unspecified atom stereocenters. The Kier molecular flexibility index (Phi) is 4.06. The molecule has 0 bridgehead atoms. The molecule has 1 aromatic carbocycles. The van der Waals surface area contributed by atoms with Gasteiger partial charge in [0.25, 0.3) is 5.91 Å². The van der Waals surface area contributed by atoms with E-state index in [-0.39, 0.29) is 5.91 Å². The molecule has 0 N–H and O–H groups in total. The lowest BCUT2D eigenvalue weighted by atomic mass is 10.1. The number of fused-ring (bicyclic) bond motifs is 1. The number of piperazine rings is 1. The van der Waals surface area contributed by atoms with Crippen molar-refractivity contribution < 1.29 is 4.79 Å². The van der Waals surface area contributed by atoms with Crippen LogP contribution in [-0.2, 0) is 0 Å². The van der Waals surface area contributed by atoms with E-state index < -0.39 is 0 Å². The van der Waals surface area contributed by atoms with Crippen LogP contribution in [0.3, 0.4) is 0 Å². The fourth-order valence-corrected chi connectivity index (χ4v) is 3.29. The molecule has 1 saturated heterocycles. The predicted molar refractivity (Wildman–Crippen MR) is 98.8 cm³/mol. The second-order valence-corrected chi connectivity index (χ2v) is 6.38. The van der Waals surface area contributed by atoms with E-state index in [1.165, 1.54) is 5.56 Å². The Labute approximate surface area is 146 Å². The van der Waals surface area contributed by atoms with E-state index in [9.17, 15) is 4.79 Å². The molecule has 0 radical (unpaired) electrons. The van der Waals surface area contributed by atoms with Crippen LogP contribution in [-0.4, -0.2) is 47.0 Å². The summed E-state index contributed by atoms with van der Waals surface area (Å²) in [6.45, 7) is 5.04. The van der Waals surface area contributed by atoms with Crippen molar-refractivity contribution in [1.82, 2.24) is 14.9 Å². The number of carbonyl (C=O) groups is 1. The van der Waals surface area contributed by atoms with Gasteiger partial charge in [-0.25, -0.2) is 4.98 Å². The van der Waals surface area contributed by atoms with Crippen molar-refractivity contribution in [2.24, 2.45) is 0 Å². The molecule has 126 valence electrons. The Bertz CT molecular complexity index is 911. The fraction of sp³-hybridized carbons (Fsp3) is 0.250. The summed E-state index contributed by atoms with van der Waals surface area (Å²) < 4.78 is 0. The van der Waals surface area contributed by atoms with Crippen LogP contribution >= 0.6 is 0 Å². The van der Waals surface area contributed by atoms with Crippen LogP contribution in [0.2, 0.25) is 0 Å². The minimum absolute atomic E-state index is 0.0566. The Hall–Kier alpha value is -2.95. The molecule has 1 fully saturated rings. The van der Waals surface area contributed by atoms with Crippen LogP contribution in [0.15, 0.2) is 55.0 Å². The van der Waals surface area contributed by atoms with Gasteiger partial charge in [-0.05, 0) is 30.0 Å². The Morgan fingerprint density at radius 2 is 1.84 bits per heavy atom. The predicted octanol–water partition coefficient (Wildman–Crippen LogP) is 2.90. The molecular formula is C20H20N4O. The number of benzene rings is 1. The van der Waals surface area contributed by atoms with Crippen LogP contribution in [0, 0.1) is 6.92 Å². The summed E-state index contributed by atoms with van der Waals surface area (Å²) in [5, 5.41) is 1.96. The number of amides is 1. The Morgan fingerprint density at radius 1 is 1.04 bits per heavy atom. The van der Waals surface area contributed by atoms with Gasteiger partial charge in [-0.3, -0.25) is 9.78 Å². The van der Waals surface area contributed by atoms with Gasteiger partial charge in [0, 0.05) is 50.2 Å². The largest absolute Gasteiger partial charge is 0.353 e. The SMILES string of the molecule is Cc1ccnc(N2CCN(C(=O)c3cncc4ccccc34)CC2)c1. The number of pyridine rings is 2. The van der Waals surface area contributed by atoms with E-state index in [1.807, 2.05) is 41.4 Å². The fourth-order valence-electron chi connectivity index (χ4n) is 3.29. The van der Waals surface area contributed by atoms with Crippen LogP contribution in [0.1, 0.15) is 15.9 Å². The maximum absolute atomic E-state index is 13.0.